The molecule has 1 aliphatic heterocycles. The summed E-state index contributed by atoms with van der Waals surface area (Å²) in [7, 11) is 0. The molecule has 0 N–H and O–H groups in total. The van der Waals surface area contributed by atoms with Gasteiger partial charge in [-0.1, -0.05) is 0 Å². The fourth-order valence-corrected chi connectivity index (χ4v) is 0.311. The topological polar surface area (TPSA) is 38.8 Å². The molecule has 1 heterocycles. The summed E-state index contributed by atoms with van der Waals surface area (Å²) >= 11 is 0. The van der Waals surface area contributed by atoms with Crippen molar-refractivity contribution in [1.29, 1.82) is 0 Å². The van der Waals surface area contributed by atoms with Crippen molar-refractivity contribution < 1.29 is 14.3 Å². The van der Waals surface area contributed by atoms with E-state index >= 15 is 0 Å². The Labute approximate surface area is 41.2 Å². The van der Waals surface area contributed by atoms with Crippen molar-refractivity contribution >= 4 is 6.47 Å². The van der Waals surface area contributed by atoms with Gasteiger partial charge in [0.25, 0.3) is 6.47 Å². The lowest BCUT2D eigenvalue weighted by Gasteiger charge is -1.86. The minimum Gasteiger partial charge on any atom is -0.465 e. The van der Waals surface area contributed by atoms with Crippen molar-refractivity contribution in [1.82, 2.24) is 0 Å². The molecule has 3 heteroatoms. The van der Waals surface area contributed by atoms with Crippen molar-refractivity contribution in [2.75, 3.05) is 13.2 Å². The molecular formula is C4H6O3. The lowest BCUT2D eigenvalue weighted by molar-refractivity contribution is -0.129. The minimum atomic E-state index is 0.199. The second kappa shape index (κ2) is 1.93. The summed E-state index contributed by atoms with van der Waals surface area (Å²) < 4.78 is 9.08. The average Bonchev–Trinajstić information content (AvgIpc) is 2.42. The number of rotatable bonds is 3. The first-order chi connectivity index (χ1) is 3.43. The Bertz CT molecular complexity index is 67.3. The second-order valence-electron chi connectivity index (χ2n) is 1.38. The van der Waals surface area contributed by atoms with Crippen molar-refractivity contribution in [3.8, 4) is 0 Å². The van der Waals surface area contributed by atoms with E-state index in [1.165, 1.54) is 0 Å². The first-order valence-electron chi connectivity index (χ1n) is 2.10. The van der Waals surface area contributed by atoms with Gasteiger partial charge in [-0.2, -0.15) is 0 Å². The van der Waals surface area contributed by atoms with Gasteiger partial charge >= 0.3 is 0 Å². The monoisotopic (exact) mass is 102 g/mol. The maximum atomic E-state index is 9.46. The van der Waals surface area contributed by atoms with Crippen LogP contribution in [-0.4, -0.2) is 25.8 Å². The van der Waals surface area contributed by atoms with Gasteiger partial charge in [-0.25, -0.2) is 0 Å². The Morgan fingerprint density at radius 3 is 3.14 bits per heavy atom. The van der Waals surface area contributed by atoms with Crippen molar-refractivity contribution in [2.45, 2.75) is 6.10 Å². The highest BCUT2D eigenvalue weighted by atomic mass is 16.6. The molecule has 1 rings (SSSR count). The highest BCUT2D eigenvalue weighted by molar-refractivity contribution is 5.36. The molecule has 0 unspecified atom stereocenters. The van der Waals surface area contributed by atoms with Crippen LogP contribution in [0.4, 0.5) is 0 Å². The van der Waals surface area contributed by atoms with Gasteiger partial charge in [-0.15, -0.1) is 0 Å². The van der Waals surface area contributed by atoms with Gasteiger partial charge in [0, 0.05) is 0 Å². The zero-order valence-electron chi connectivity index (χ0n) is 3.79. The van der Waals surface area contributed by atoms with Gasteiger partial charge in [0.15, 0.2) is 0 Å². The summed E-state index contributed by atoms with van der Waals surface area (Å²) in [5.74, 6) is 0. The van der Waals surface area contributed by atoms with Crippen LogP contribution in [0.5, 0.6) is 0 Å². The van der Waals surface area contributed by atoms with Gasteiger partial charge in [0.2, 0.25) is 0 Å². The quantitative estimate of drug-likeness (QED) is 0.358. The van der Waals surface area contributed by atoms with Gasteiger partial charge in [-0.3, -0.25) is 4.79 Å². The van der Waals surface area contributed by atoms with E-state index in [0.717, 1.165) is 6.61 Å². The molecule has 0 aromatic heterocycles. The number of hydrogen-bond donors (Lipinski definition) is 0. The van der Waals surface area contributed by atoms with Crippen LogP contribution in [0.15, 0.2) is 0 Å². The molecule has 0 spiro atoms. The Morgan fingerprint density at radius 2 is 2.71 bits per heavy atom. The van der Waals surface area contributed by atoms with E-state index in [4.69, 9.17) is 4.74 Å². The molecule has 1 aliphatic rings. The predicted molar refractivity (Wildman–Crippen MR) is 21.8 cm³/mol. The summed E-state index contributed by atoms with van der Waals surface area (Å²) in [4.78, 5) is 9.46. The van der Waals surface area contributed by atoms with Crippen LogP contribution in [-0.2, 0) is 14.3 Å². The highest BCUT2D eigenvalue weighted by Crippen LogP contribution is 2.07. The third-order valence-corrected chi connectivity index (χ3v) is 0.753. The molecule has 0 radical (unpaired) electrons. The van der Waals surface area contributed by atoms with Gasteiger partial charge in [0.05, 0.1) is 6.61 Å². The van der Waals surface area contributed by atoms with Crippen LogP contribution in [0, 0.1) is 0 Å². The Balaban J connectivity index is 1.88. The van der Waals surface area contributed by atoms with Gasteiger partial charge in [-0.05, 0) is 0 Å². The lowest BCUT2D eigenvalue weighted by atomic mass is 10.5. The maximum absolute atomic E-state index is 9.46. The van der Waals surface area contributed by atoms with E-state index in [0.29, 0.717) is 13.1 Å². The number of carbonyl (C=O) groups is 1. The Morgan fingerprint density at radius 1 is 2.00 bits per heavy atom. The van der Waals surface area contributed by atoms with Crippen molar-refractivity contribution in [3.63, 3.8) is 0 Å². The molecule has 7 heavy (non-hydrogen) atoms. The van der Waals surface area contributed by atoms with E-state index in [-0.39, 0.29) is 6.10 Å². The second-order valence-corrected chi connectivity index (χ2v) is 1.38. The SMILES string of the molecule is O=COC[C@H]1CO1. The summed E-state index contributed by atoms with van der Waals surface area (Å²) in [6.45, 7) is 1.60. The van der Waals surface area contributed by atoms with Crippen LogP contribution in [0.3, 0.4) is 0 Å². The standard InChI is InChI=1S/C4H6O3/c5-3-6-1-4-2-7-4/h3-4H,1-2H2/t4-/m0/s1. The summed E-state index contributed by atoms with van der Waals surface area (Å²) in [5.41, 5.74) is 0. The molecule has 1 atom stereocenters. The van der Waals surface area contributed by atoms with E-state index in [1.807, 2.05) is 0 Å². The number of epoxide rings is 1. The molecule has 1 saturated heterocycles. The average molecular weight is 102 g/mol. The Hall–Kier alpha value is -0.570. The zero-order chi connectivity index (χ0) is 5.11. The molecule has 0 saturated carbocycles. The Kier molecular flexibility index (Phi) is 1.26. The van der Waals surface area contributed by atoms with E-state index in [2.05, 4.69) is 4.74 Å². The van der Waals surface area contributed by atoms with Crippen LogP contribution in [0.25, 0.3) is 0 Å². The summed E-state index contributed by atoms with van der Waals surface area (Å²) in [5, 5.41) is 0. The zero-order valence-corrected chi connectivity index (χ0v) is 3.79. The number of carbonyl (C=O) groups excluding carboxylic acids is 1. The normalized spacial score (nSPS) is 26.6. The molecule has 0 aliphatic carbocycles. The number of hydrogen-bond acceptors (Lipinski definition) is 3. The lowest BCUT2D eigenvalue weighted by Crippen LogP contribution is -1.97. The van der Waals surface area contributed by atoms with E-state index in [1.54, 1.807) is 0 Å². The molecule has 0 bridgehead atoms. The van der Waals surface area contributed by atoms with Crippen molar-refractivity contribution in [3.05, 3.63) is 0 Å². The van der Waals surface area contributed by atoms with Crippen LogP contribution in [0.1, 0.15) is 0 Å². The minimum absolute atomic E-state index is 0.199. The molecule has 0 aromatic rings. The third kappa shape index (κ3) is 1.55. The van der Waals surface area contributed by atoms with Crippen LogP contribution >= 0.6 is 0 Å². The van der Waals surface area contributed by atoms with Crippen molar-refractivity contribution in [2.24, 2.45) is 0 Å². The first-order valence-corrected chi connectivity index (χ1v) is 2.10. The fraction of sp³-hybridized carbons (Fsp3) is 0.750. The highest BCUT2D eigenvalue weighted by Gasteiger charge is 2.22. The van der Waals surface area contributed by atoms with Crippen LogP contribution in [0.2, 0.25) is 0 Å². The fourth-order valence-electron chi connectivity index (χ4n) is 0.311. The molecule has 0 amide bonds. The van der Waals surface area contributed by atoms with Gasteiger partial charge < -0.3 is 9.47 Å². The molecule has 40 valence electrons. The van der Waals surface area contributed by atoms with E-state index in [9.17, 15) is 4.79 Å². The van der Waals surface area contributed by atoms with Crippen LogP contribution < -0.4 is 0 Å². The molecule has 1 fully saturated rings. The molecular weight excluding hydrogens is 96.0 g/mol. The smallest absolute Gasteiger partial charge is 0.293 e. The van der Waals surface area contributed by atoms with E-state index < -0.39 is 0 Å². The molecule has 0 aromatic carbocycles. The van der Waals surface area contributed by atoms with Gasteiger partial charge in [0.1, 0.15) is 12.7 Å². The first kappa shape index (κ1) is 4.59. The predicted octanol–water partition coefficient (Wildman–Crippen LogP) is -0.442. The third-order valence-electron chi connectivity index (χ3n) is 0.753. The maximum Gasteiger partial charge on any atom is 0.293 e. The number of ether oxygens (including phenoxy) is 2. The summed E-state index contributed by atoms with van der Waals surface area (Å²) in [6.07, 6.45) is 0.199. The summed E-state index contributed by atoms with van der Waals surface area (Å²) in [6, 6.07) is 0. The largest absolute Gasteiger partial charge is 0.465 e. The molecule has 3 nitrogen and oxygen atoms in total.